The van der Waals surface area contributed by atoms with Crippen LogP contribution < -0.4 is 11.1 Å². The monoisotopic (exact) mass is 255 g/mol. The van der Waals surface area contributed by atoms with Crippen molar-refractivity contribution in [3.05, 3.63) is 10.6 Å². The van der Waals surface area contributed by atoms with Crippen LogP contribution in [0.1, 0.15) is 37.8 Å². The van der Waals surface area contributed by atoms with Gasteiger partial charge in [0.15, 0.2) is 5.13 Å². The molecular formula is C12H21N3OS. The lowest BCUT2D eigenvalue weighted by Gasteiger charge is -2.26. The number of nitrogens with zero attached hydrogens (tertiary/aromatic N) is 1. The van der Waals surface area contributed by atoms with E-state index in [1.54, 1.807) is 0 Å². The number of nitrogens with two attached hydrogens (primary N) is 1. The number of aryl methyl sites for hydroxylation is 2. The number of anilines is 1. The predicted octanol–water partition coefficient (Wildman–Crippen LogP) is 2.46. The Morgan fingerprint density at radius 3 is 2.47 bits per heavy atom. The van der Waals surface area contributed by atoms with Gasteiger partial charge in [-0.15, -0.1) is 11.3 Å². The van der Waals surface area contributed by atoms with Crippen LogP contribution in [0.4, 0.5) is 5.13 Å². The molecule has 3 N–H and O–H groups in total. The second-order valence-corrected chi connectivity index (χ2v) is 6.59. The van der Waals surface area contributed by atoms with Crippen molar-refractivity contribution in [2.75, 3.05) is 5.32 Å². The highest BCUT2D eigenvalue weighted by Gasteiger charge is 2.23. The second kappa shape index (κ2) is 5.14. The summed E-state index contributed by atoms with van der Waals surface area (Å²) in [5.41, 5.74) is 6.86. The largest absolute Gasteiger partial charge is 0.327 e. The van der Waals surface area contributed by atoms with E-state index in [0.29, 0.717) is 11.6 Å². The lowest BCUT2D eigenvalue weighted by Crippen LogP contribution is -2.38. The zero-order valence-corrected chi connectivity index (χ0v) is 11.9. The Kier molecular flexibility index (Phi) is 4.27. The van der Waals surface area contributed by atoms with E-state index in [1.165, 1.54) is 11.3 Å². The third-order valence-corrected chi connectivity index (χ3v) is 3.78. The molecule has 5 heteroatoms. The number of aromatic nitrogens is 1. The first kappa shape index (κ1) is 14.1. The van der Waals surface area contributed by atoms with Crippen LogP contribution >= 0.6 is 11.3 Å². The fraction of sp³-hybridized carbons (Fsp3) is 0.667. The highest BCUT2D eigenvalue weighted by atomic mass is 32.1. The van der Waals surface area contributed by atoms with Gasteiger partial charge in [0, 0.05) is 17.3 Å². The standard InChI is InChI=1S/C12H21N3OS/c1-7-8(2)17-11(14-7)15-10(16)6-9(13)12(3,4)5/h9H,6,13H2,1-5H3,(H,14,15,16). The maximum Gasteiger partial charge on any atom is 0.227 e. The smallest absolute Gasteiger partial charge is 0.227 e. The average molecular weight is 255 g/mol. The molecule has 1 aromatic rings. The minimum absolute atomic E-state index is 0.0634. The zero-order valence-electron chi connectivity index (χ0n) is 11.1. The summed E-state index contributed by atoms with van der Waals surface area (Å²) < 4.78 is 0. The van der Waals surface area contributed by atoms with E-state index in [2.05, 4.69) is 10.3 Å². The van der Waals surface area contributed by atoms with Crippen LogP contribution in [0.3, 0.4) is 0 Å². The summed E-state index contributed by atoms with van der Waals surface area (Å²) in [5.74, 6) is -0.0684. The first-order chi connectivity index (χ1) is 7.70. The van der Waals surface area contributed by atoms with Crippen LogP contribution in [0.5, 0.6) is 0 Å². The molecule has 4 nitrogen and oxygen atoms in total. The van der Waals surface area contributed by atoms with Crippen molar-refractivity contribution >= 4 is 22.4 Å². The number of hydrogen-bond acceptors (Lipinski definition) is 4. The maximum absolute atomic E-state index is 11.8. The number of carbonyl (C=O) groups is 1. The van der Waals surface area contributed by atoms with Crippen LogP contribution in [0.15, 0.2) is 0 Å². The van der Waals surface area contributed by atoms with Gasteiger partial charge in [-0.05, 0) is 19.3 Å². The Hall–Kier alpha value is -0.940. The van der Waals surface area contributed by atoms with Crippen molar-refractivity contribution in [3.8, 4) is 0 Å². The molecule has 0 aliphatic heterocycles. The topological polar surface area (TPSA) is 68.0 Å². The lowest BCUT2D eigenvalue weighted by atomic mass is 9.85. The summed E-state index contributed by atoms with van der Waals surface area (Å²) >= 11 is 1.49. The maximum atomic E-state index is 11.8. The van der Waals surface area contributed by atoms with Gasteiger partial charge in [0.1, 0.15) is 0 Å². The van der Waals surface area contributed by atoms with Crippen molar-refractivity contribution in [2.45, 2.75) is 47.1 Å². The molecule has 96 valence electrons. The van der Waals surface area contributed by atoms with Gasteiger partial charge in [0.05, 0.1) is 5.69 Å². The number of hydrogen-bond donors (Lipinski definition) is 2. The van der Waals surface area contributed by atoms with Crippen molar-refractivity contribution < 1.29 is 4.79 Å². The normalized spacial score (nSPS) is 13.5. The quantitative estimate of drug-likeness (QED) is 0.871. The molecule has 17 heavy (non-hydrogen) atoms. The number of nitrogens with one attached hydrogen (secondary N) is 1. The predicted molar refractivity (Wildman–Crippen MR) is 72.3 cm³/mol. The first-order valence-corrected chi connectivity index (χ1v) is 6.51. The molecule has 1 atom stereocenters. The third-order valence-electron chi connectivity index (χ3n) is 2.79. The van der Waals surface area contributed by atoms with Gasteiger partial charge in [-0.25, -0.2) is 4.98 Å². The molecule has 0 fully saturated rings. The van der Waals surface area contributed by atoms with Crippen LogP contribution in [-0.2, 0) is 4.79 Å². The molecule has 0 aliphatic rings. The van der Waals surface area contributed by atoms with Crippen LogP contribution in [-0.4, -0.2) is 16.9 Å². The molecule has 0 aliphatic carbocycles. The summed E-state index contributed by atoms with van der Waals surface area (Å²) in [6, 6.07) is -0.148. The number of thiazole rings is 1. The molecule has 1 aromatic heterocycles. The summed E-state index contributed by atoms with van der Waals surface area (Å²) in [5, 5.41) is 3.45. The van der Waals surface area contributed by atoms with Gasteiger partial charge in [0.25, 0.3) is 0 Å². The van der Waals surface area contributed by atoms with Gasteiger partial charge in [0.2, 0.25) is 5.91 Å². The number of amides is 1. The van der Waals surface area contributed by atoms with Crippen molar-refractivity contribution in [1.29, 1.82) is 0 Å². The highest BCUT2D eigenvalue weighted by Crippen LogP contribution is 2.23. The van der Waals surface area contributed by atoms with Gasteiger partial charge in [-0.3, -0.25) is 4.79 Å². The molecule has 0 saturated heterocycles. The third kappa shape index (κ3) is 4.09. The SMILES string of the molecule is Cc1nc(NC(=O)CC(N)C(C)(C)C)sc1C. The van der Waals surface area contributed by atoms with Crippen LogP contribution in [0.25, 0.3) is 0 Å². The van der Waals surface area contributed by atoms with E-state index < -0.39 is 0 Å². The van der Waals surface area contributed by atoms with Crippen molar-refractivity contribution in [3.63, 3.8) is 0 Å². The lowest BCUT2D eigenvalue weighted by molar-refractivity contribution is -0.117. The molecule has 1 heterocycles. The van der Waals surface area contributed by atoms with Gasteiger partial charge in [-0.1, -0.05) is 20.8 Å². The summed E-state index contributed by atoms with van der Waals surface area (Å²) in [6.07, 6.45) is 0.321. The molecule has 1 rings (SSSR count). The molecule has 1 unspecified atom stereocenters. The summed E-state index contributed by atoms with van der Waals surface area (Å²) in [6.45, 7) is 10.0. The van der Waals surface area contributed by atoms with E-state index in [4.69, 9.17) is 5.73 Å². The zero-order chi connectivity index (χ0) is 13.2. The minimum Gasteiger partial charge on any atom is -0.327 e. The molecule has 0 bridgehead atoms. The Bertz CT molecular complexity index is 387. The summed E-state index contributed by atoms with van der Waals surface area (Å²) in [7, 11) is 0. The van der Waals surface area contributed by atoms with Crippen molar-refractivity contribution in [2.24, 2.45) is 11.1 Å². The summed E-state index contributed by atoms with van der Waals surface area (Å²) in [4.78, 5) is 17.2. The fourth-order valence-electron chi connectivity index (χ4n) is 1.20. The first-order valence-electron chi connectivity index (χ1n) is 5.69. The van der Waals surface area contributed by atoms with Crippen LogP contribution in [0.2, 0.25) is 0 Å². The van der Waals surface area contributed by atoms with Crippen molar-refractivity contribution in [1.82, 2.24) is 4.98 Å². The minimum atomic E-state index is -0.148. The molecule has 0 spiro atoms. The molecular weight excluding hydrogens is 234 g/mol. The van der Waals surface area contributed by atoms with E-state index in [9.17, 15) is 4.79 Å². The average Bonchev–Trinajstić information content (AvgIpc) is 2.43. The van der Waals surface area contributed by atoms with Gasteiger partial charge >= 0.3 is 0 Å². The van der Waals surface area contributed by atoms with Crippen LogP contribution in [0, 0.1) is 19.3 Å². The molecule has 1 amide bonds. The molecule has 0 radical (unpaired) electrons. The second-order valence-electron chi connectivity index (χ2n) is 5.39. The van der Waals surface area contributed by atoms with E-state index >= 15 is 0 Å². The number of carbonyl (C=O) groups excluding carboxylic acids is 1. The van der Waals surface area contributed by atoms with E-state index in [0.717, 1.165) is 10.6 Å². The Labute approximate surface area is 107 Å². The van der Waals surface area contributed by atoms with Gasteiger partial charge < -0.3 is 11.1 Å². The van der Waals surface area contributed by atoms with E-state index in [1.807, 2.05) is 34.6 Å². The number of rotatable bonds is 3. The molecule has 0 saturated carbocycles. The van der Waals surface area contributed by atoms with Gasteiger partial charge in [-0.2, -0.15) is 0 Å². The van der Waals surface area contributed by atoms with E-state index in [-0.39, 0.29) is 17.4 Å². The highest BCUT2D eigenvalue weighted by molar-refractivity contribution is 7.15. The Morgan fingerprint density at radius 2 is 2.06 bits per heavy atom. The fourth-order valence-corrected chi connectivity index (χ4v) is 2.03. The Morgan fingerprint density at radius 1 is 1.47 bits per heavy atom. The Balaban J connectivity index is 2.56. The molecule has 0 aromatic carbocycles.